The first kappa shape index (κ1) is 14.0. The number of aromatic nitrogens is 1. The zero-order valence-electron chi connectivity index (χ0n) is 10.6. The number of nitrogens with one attached hydrogen (secondary N) is 1. The van der Waals surface area contributed by atoms with E-state index in [1.54, 1.807) is 18.2 Å². The summed E-state index contributed by atoms with van der Waals surface area (Å²) in [7, 11) is 0. The lowest BCUT2D eigenvalue weighted by atomic mass is 10.2. The summed E-state index contributed by atoms with van der Waals surface area (Å²) in [5.74, 6) is -0.269. The number of benzene rings is 1. The molecule has 1 heterocycles. The van der Waals surface area contributed by atoms with Crippen LogP contribution in [0.3, 0.4) is 0 Å². The standard InChI is InChI=1S/C14H14F2N2O2/c15-13(16)9-18-7-1-2-12(18)14(20)17-8-10-3-5-11(19)6-4-10/h1-7,13,19H,8-9H2,(H,17,20). The number of amides is 1. The maximum absolute atomic E-state index is 12.4. The summed E-state index contributed by atoms with van der Waals surface area (Å²) < 4.78 is 25.9. The smallest absolute Gasteiger partial charge is 0.268 e. The molecule has 0 aliphatic heterocycles. The zero-order chi connectivity index (χ0) is 14.5. The highest BCUT2D eigenvalue weighted by molar-refractivity contribution is 5.92. The maximum Gasteiger partial charge on any atom is 0.268 e. The van der Waals surface area contributed by atoms with E-state index in [2.05, 4.69) is 5.32 Å². The average Bonchev–Trinajstić information content (AvgIpc) is 2.85. The number of alkyl halides is 2. The molecule has 2 aromatic rings. The van der Waals surface area contributed by atoms with Crippen LogP contribution in [0, 0.1) is 0 Å². The molecule has 0 saturated heterocycles. The number of carbonyl (C=O) groups excluding carboxylic acids is 1. The third kappa shape index (κ3) is 3.57. The van der Waals surface area contributed by atoms with Gasteiger partial charge < -0.3 is 15.0 Å². The Morgan fingerprint density at radius 3 is 2.60 bits per heavy atom. The number of nitrogens with zero attached hydrogens (tertiary/aromatic N) is 1. The van der Waals surface area contributed by atoms with E-state index < -0.39 is 18.9 Å². The summed E-state index contributed by atoms with van der Waals surface area (Å²) in [5, 5.41) is 11.8. The van der Waals surface area contributed by atoms with Gasteiger partial charge in [0.1, 0.15) is 11.4 Å². The minimum Gasteiger partial charge on any atom is -0.508 e. The van der Waals surface area contributed by atoms with Crippen LogP contribution in [0.25, 0.3) is 0 Å². The highest BCUT2D eigenvalue weighted by atomic mass is 19.3. The molecule has 0 spiro atoms. The summed E-state index contributed by atoms with van der Waals surface area (Å²) >= 11 is 0. The monoisotopic (exact) mass is 280 g/mol. The molecule has 2 N–H and O–H groups in total. The van der Waals surface area contributed by atoms with E-state index in [0.717, 1.165) is 5.56 Å². The number of rotatable bonds is 5. The Labute approximate surface area is 114 Å². The number of aromatic hydroxyl groups is 1. The molecule has 106 valence electrons. The highest BCUT2D eigenvalue weighted by Crippen LogP contribution is 2.10. The van der Waals surface area contributed by atoms with Crippen molar-refractivity contribution in [1.29, 1.82) is 0 Å². The van der Waals surface area contributed by atoms with Crippen molar-refractivity contribution in [2.75, 3.05) is 0 Å². The van der Waals surface area contributed by atoms with Crippen molar-refractivity contribution in [3.63, 3.8) is 0 Å². The topological polar surface area (TPSA) is 54.3 Å². The minimum atomic E-state index is -2.51. The first-order chi connectivity index (χ1) is 9.56. The molecule has 0 bridgehead atoms. The molecule has 0 fully saturated rings. The van der Waals surface area contributed by atoms with Gasteiger partial charge in [-0.3, -0.25) is 4.79 Å². The van der Waals surface area contributed by atoms with Crippen molar-refractivity contribution < 1.29 is 18.7 Å². The van der Waals surface area contributed by atoms with Crippen LogP contribution in [-0.2, 0) is 13.1 Å². The molecule has 2 rings (SSSR count). The number of carbonyl (C=O) groups is 1. The minimum absolute atomic E-state index is 0.144. The second-order valence-corrected chi connectivity index (χ2v) is 4.29. The molecule has 0 aliphatic rings. The van der Waals surface area contributed by atoms with E-state index in [0.29, 0.717) is 0 Å². The fourth-order valence-corrected chi connectivity index (χ4v) is 1.81. The van der Waals surface area contributed by atoms with E-state index in [-0.39, 0.29) is 18.0 Å². The molecule has 0 aliphatic carbocycles. The predicted molar refractivity (Wildman–Crippen MR) is 69.7 cm³/mol. The van der Waals surface area contributed by atoms with Gasteiger partial charge in [0, 0.05) is 12.7 Å². The second-order valence-electron chi connectivity index (χ2n) is 4.29. The Morgan fingerprint density at radius 2 is 1.95 bits per heavy atom. The number of hydrogen-bond acceptors (Lipinski definition) is 2. The fraction of sp³-hybridized carbons (Fsp3) is 0.214. The molecule has 0 atom stereocenters. The molecule has 20 heavy (non-hydrogen) atoms. The van der Waals surface area contributed by atoms with Gasteiger partial charge in [0.15, 0.2) is 0 Å². The van der Waals surface area contributed by atoms with Gasteiger partial charge in [-0.15, -0.1) is 0 Å². The van der Waals surface area contributed by atoms with E-state index in [9.17, 15) is 13.6 Å². The second kappa shape index (κ2) is 6.18. The molecule has 0 saturated carbocycles. The van der Waals surface area contributed by atoms with Crippen LogP contribution in [0.15, 0.2) is 42.6 Å². The summed E-state index contributed by atoms with van der Waals surface area (Å²) in [6.45, 7) is -0.242. The molecule has 1 aromatic heterocycles. The third-order valence-corrected chi connectivity index (χ3v) is 2.79. The van der Waals surface area contributed by atoms with E-state index in [4.69, 9.17) is 5.11 Å². The highest BCUT2D eigenvalue weighted by Gasteiger charge is 2.13. The Kier molecular flexibility index (Phi) is 4.34. The number of phenolic OH excluding ortho intramolecular Hbond substituents is 1. The predicted octanol–water partition coefficient (Wildman–Crippen LogP) is 2.39. The molecule has 4 nitrogen and oxygen atoms in total. The Hall–Kier alpha value is -2.37. The van der Waals surface area contributed by atoms with Gasteiger partial charge in [-0.25, -0.2) is 8.78 Å². The third-order valence-electron chi connectivity index (χ3n) is 2.79. The lowest BCUT2D eigenvalue weighted by Crippen LogP contribution is -2.26. The summed E-state index contributed by atoms with van der Waals surface area (Å²) in [4.78, 5) is 11.9. The van der Waals surface area contributed by atoms with Gasteiger partial charge in [-0.2, -0.15) is 0 Å². The van der Waals surface area contributed by atoms with Crippen molar-refractivity contribution in [3.05, 3.63) is 53.9 Å². The van der Waals surface area contributed by atoms with Crippen molar-refractivity contribution in [2.24, 2.45) is 0 Å². The molecule has 0 radical (unpaired) electrons. The van der Waals surface area contributed by atoms with Crippen molar-refractivity contribution >= 4 is 5.91 Å². The Balaban J connectivity index is 1.98. The van der Waals surface area contributed by atoms with Crippen LogP contribution in [0.1, 0.15) is 16.1 Å². The van der Waals surface area contributed by atoms with E-state index in [1.165, 1.54) is 29.0 Å². The number of phenols is 1. The van der Waals surface area contributed by atoms with E-state index >= 15 is 0 Å². The zero-order valence-corrected chi connectivity index (χ0v) is 10.6. The van der Waals surface area contributed by atoms with Gasteiger partial charge in [0.05, 0.1) is 6.54 Å². The molecule has 1 amide bonds. The van der Waals surface area contributed by atoms with Gasteiger partial charge in [-0.05, 0) is 29.8 Å². The van der Waals surface area contributed by atoms with Crippen LogP contribution < -0.4 is 5.32 Å². The summed E-state index contributed by atoms with van der Waals surface area (Å²) in [5.41, 5.74) is 1.01. The normalized spacial score (nSPS) is 10.8. The van der Waals surface area contributed by atoms with Crippen molar-refractivity contribution in [3.8, 4) is 5.75 Å². The largest absolute Gasteiger partial charge is 0.508 e. The van der Waals surface area contributed by atoms with Crippen LogP contribution >= 0.6 is 0 Å². The molecular weight excluding hydrogens is 266 g/mol. The fourth-order valence-electron chi connectivity index (χ4n) is 1.81. The van der Waals surface area contributed by atoms with Gasteiger partial charge in [0.25, 0.3) is 12.3 Å². The average molecular weight is 280 g/mol. The van der Waals surface area contributed by atoms with Crippen LogP contribution in [-0.4, -0.2) is 22.0 Å². The van der Waals surface area contributed by atoms with Gasteiger partial charge >= 0.3 is 0 Å². The SMILES string of the molecule is O=C(NCc1ccc(O)cc1)c1cccn1CC(F)F. The first-order valence-electron chi connectivity index (χ1n) is 6.05. The number of hydrogen-bond donors (Lipinski definition) is 2. The molecule has 0 unspecified atom stereocenters. The molecule has 6 heteroatoms. The Bertz CT molecular complexity index is 579. The van der Waals surface area contributed by atoms with Crippen LogP contribution in [0.5, 0.6) is 5.75 Å². The van der Waals surface area contributed by atoms with Gasteiger partial charge in [-0.1, -0.05) is 12.1 Å². The molecular formula is C14H14F2N2O2. The molecule has 1 aromatic carbocycles. The van der Waals surface area contributed by atoms with Gasteiger partial charge in [0.2, 0.25) is 0 Å². The summed E-state index contributed by atoms with van der Waals surface area (Å²) in [6, 6.07) is 9.43. The Morgan fingerprint density at radius 1 is 1.25 bits per heavy atom. The maximum atomic E-state index is 12.4. The summed E-state index contributed by atoms with van der Waals surface area (Å²) in [6.07, 6.45) is -1.06. The van der Waals surface area contributed by atoms with Crippen molar-refractivity contribution in [1.82, 2.24) is 9.88 Å². The lowest BCUT2D eigenvalue weighted by molar-refractivity contribution is 0.0928. The quantitative estimate of drug-likeness (QED) is 0.883. The number of halogens is 2. The van der Waals surface area contributed by atoms with E-state index in [1.807, 2.05) is 0 Å². The van der Waals surface area contributed by atoms with Crippen molar-refractivity contribution in [2.45, 2.75) is 19.5 Å². The van der Waals surface area contributed by atoms with Crippen LogP contribution in [0.4, 0.5) is 8.78 Å². The first-order valence-corrected chi connectivity index (χ1v) is 6.05. The lowest BCUT2D eigenvalue weighted by Gasteiger charge is -2.09. The van der Waals surface area contributed by atoms with Crippen LogP contribution in [0.2, 0.25) is 0 Å².